The third-order valence-corrected chi connectivity index (χ3v) is 5.47. The van der Waals surface area contributed by atoms with Crippen molar-refractivity contribution in [3.8, 4) is 0 Å². The van der Waals surface area contributed by atoms with E-state index >= 15 is 0 Å². The number of hydrogen-bond donors (Lipinski definition) is 1. The van der Waals surface area contributed by atoms with Crippen LogP contribution in [0.4, 0.5) is 4.79 Å². The maximum atomic E-state index is 12.1. The molecule has 5 nitrogen and oxygen atoms in total. The lowest BCUT2D eigenvalue weighted by Gasteiger charge is -2.64. The molecule has 1 heterocycles. The first-order chi connectivity index (χ1) is 9.46. The highest BCUT2D eigenvalue weighted by atomic mass is 16.5. The fourth-order valence-electron chi connectivity index (χ4n) is 4.61. The van der Waals surface area contributed by atoms with Gasteiger partial charge in [-0.25, -0.2) is 4.79 Å². The summed E-state index contributed by atoms with van der Waals surface area (Å²) >= 11 is 0. The van der Waals surface area contributed by atoms with Crippen LogP contribution in [0.3, 0.4) is 0 Å². The highest BCUT2D eigenvalue weighted by Gasteiger charge is 2.61. The monoisotopic (exact) mass is 298 g/mol. The average Bonchev–Trinajstić information content (AvgIpc) is 2.26. The molecule has 21 heavy (non-hydrogen) atoms. The Bertz CT molecular complexity index is 425. The first kappa shape index (κ1) is 17.8. The molecule has 1 unspecified atom stereocenters. The summed E-state index contributed by atoms with van der Waals surface area (Å²) in [4.78, 5) is 25.4. The standard InChI is InChI=1S/C16H30N2O3/c1-8-16(9-2)12(21-11(3)19)10-14(4,5)18(13(17)20)15(16,6)7/h12H,8-10H2,1-7H3,(H2,17,20). The number of amides is 2. The van der Waals surface area contributed by atoms with E-state index in [4.69, 9.17) is 10.5 Å². The summed E-state index contributed by atoms with van der Waals surface area (Å²) in [6, 6.07) is -0.419. The van der Waals surface area contributed by atoms with Gasteiger partial charge in [-0.1, -0.05) is 13.8 Å². The molecule has 0 spiro atoms. The third-order valence-electron chi connectivity index (χ3n) is 5.47. The van der Waals surface area contributed by atoms with Gasteiger partial charge in [0, 0.05) is 29.8 Å². The molecule has 2 N–H and O–H groups in total. The van der Waals surface area contributed by atoms with E-state index in [1.807, 2.05) is 27.7 Å². The predicted molar refractivity (Wildman–Crippen MR) is 82.8 cm³/mol. The van der Waals surface area contributed by atoms with Crippen molar-refractivity contribution in [1.82, 2.24) is 4.90 Å². The summed E-state index contributed by atoms with van der Waals surface area (Å²) in [5.74, 6) is -0.273. The van der Waals surface area contributed by atoms with Crippen LogP contribution in [-0.4, -0.2) is 34.1 Å². The molecule has 1 atom stereocenters. The van der Waals surface area contributed by atoms with E-state index in [1.165, 1.54) is 6.92 Å². The number of urea groups is 1. The highest BCUT2D eigenvalue weighted by molar-refractivity contribution is 5.74. The van der Waals surface area contributed by atoms with Crippen molar-refractivity contribution in [3.05, 3.63) is 0 Å². The molecule has 5 heteroatoms. The lowest BCUT2D eigenvalue weighted by Crippen LogP contribution is -2.74. The molecule has 0 aromatic rings. The number of ether oxygens (including phenoxy) is 1. The second-order valence-electron chi connectivity index (χ2n) is 7.21. The third kappa shape index (κ3) is 2.62. The minimum absolute atomic E-state index is 0.217. The Morgan fingerprint density at radius 3 is 2.00 bits per heavy atom. The Labute approximate surface area is 128 Å². The van der Waals surface area contributed by atoms with Crippen LogP contribution < -0.4 is 5.73 Å². The molecule has 1 fully saturated rings. The number of piperidine rings is 1. The van der Waals surface area contributed by atoms with Gasteiger partial charge in [-0.2, -0.15) is 0 Å². The molecule has 122 valence electrons. The number of nitrogens with zero attached hydrogens (tertiary/aromatic N) is 1. The topological polar surface area (TPSA) is 72.6 Å². The average molecular weight is 298 g/mol. The highest BCUT2D eigenvalue weighted by Crippen LogP contribution is 2.54. The molecule has 0 aromatic carbocycles. The van der Waals surface area contributed by atoms with Crippen LogP contribution in [0.15, 0.2) is 0 Å². The molecule has 1 saturated heterocycles. The maximum absolute atomic E-state index is 12.1. The Morgan fingerprint density at radius 2 is 1.67 bits per heavy atom. The largest absolute Gasteiger partial charge is 0.462 e. The minimum atomic E-state index is -0.496. The van der Waals surface area contributed by atoms with Crippen LogP contribution in [-0.2, 0) is 9.53 Å². The van der Waals surface area contributed by atoms with Crippen molar-refractivity contribution in [2.24, 2.45) is 11.1 Å². The number of carbonyl (C=O) groups excluding carboxylic acids is 2. The Hall–Kier alpha value is -1.26. The number of carbonyl (C=O) groups is 2. The van der Waals surface area contributed by atoms with E-state index in [-0.39, 0.29) is 17.5 Å². The number of primary amides is 1. The van der Waals surface area contributed by atoms with Crippen molar-refractivity contribution >= 4 is 12.0 Å². The number of rotatable bonds is 3. The first-order valence-corrected chi connectivity index (χ1v) is 7.73. The van der Waals surface area contributed by atoms with Gasteiger partial charge in [0.15, 0.2) is 0 Å². The Kier molecular flexibility index (Phi) is 4.66. The van der Waals surface area contributed by atoms with E-state index < -0.39 is 17.1 Å². The number of esters is 1. The fraction of sp³-hybridized carbons (Fsp3) is 0.875. The van der Waals surface area contributed by atoms with Crippen molar-refractivity contribution in [2.45, 2.75) is 84.9 Å². The van der Waals surface area contributed by atoms with E-state index in [0.717, 1.165) is 12.8 Å². The van der Waals surface area contributed by atoms with Crippen LogP contribution in [0.2, 0.25) is 0 Å². The Morgan fingerprint density at radius 1 is 1.19 bits per heavy atom. The summed E-state index contributed by atoms with van der Waals surface area (Å²) < 4.78 is 5.67. The van der Waals surface area contributed by atoms with Gasteiger partial charge < -0.3 is 15.4 Å². The quantitative estimate of drug-likeness (QED) is 0.814. The van der Waals surface area contributed by atoms with E-state index in [9.17, 15) is 9.59 Å². The van der Waals surface area contributed by atoms with Gasteiger partial charge in [0.25, 0.3) is 0 Å². The molecule has 0 aliphatic carbocycles. The van der Waals surface area contributed by atoms with Crippen molar-refractivity contribution in [2.75, 3.05) is 0 Å². The van der Waals surface area contributed by atoms with Gasteiger partial charge >= 0.3 is 12.0 Å². The van der Waals surface area contributed by atoms with Crippen LogP contribution >= 0.6 is 0 Å². The van der Waals surface area contributed by atoms with Crippen molar-refractivity contribution in [3.63, 3.8) is 0 Å². The molecule has 0 aromatic heterocycles. The van der Waals surface area contributed by atoms with E-state index in [1.54, 1.807) is 4.90 Å². The predicted octanol–water partition coefficient (Wildman–Crippen LogP) is 3.07. The van der Waals surface area contributed by atoms with Crippen LogP contribution in [0.25, 0.3) is 0 Å². The second kappa shape index (κ2) is 5.50. The number of nitrogens with two attached hydrogens (primary N) is 1. The number of hydrogen-bond acceptors (Lipinski definition) is 3. The molecule has 1 aliphatic heterocycles. The van der Waals surface area contributed by atoms with Gasteiger partial charge in [-0.15, -0.1) is 0 Å². The fourth-order valence-corrected chi connectivity index (χ4v) is 4.61. The summed E-state index contributed by atoms with van der Waals surface area (Å²) in [5, 5.41) is 0. The maximum Gasteiger partial charge on any atom is 0.315 e. The summed E-state index contributed by atoms with van der Waals surface area (Å²) in [6.07, 6.45) is 2.01. The van der Waals surface area contributed by atoms with Gasteiger partial charge in [0.1, 0.15) is 6.10 Å². The molecule has 0 radical (unpaired) electrons. The van der Waals surface area contributed by atoms with Gasteiger partial charge in [-0.3, -0.25) is 4.79 Å². The molecule has 1 aliphatic rings. The summed E-state index contributed by atoms with van der Waals surface area (Å²) in [6.45, 7) is 13.6. The normalized spacial score (nSPS) is 26.2. The zero-order chi connectivity index (χ0) is 16.6. The summed E-state index contributed by atoms with van der Waals surface area (Å²) in [7, 11) is 0. The van der Waals surface area contributed by atoms with Gasteiger partial charge in [0.2, 0.25) is 0 Å². The van der Waals surface area contributed by atoms with Crippen molar-refractivity contribution in [1.29, 1.82) is 0 Å². The lowest BCUT2D eigenvalue weighted by molar-refractivity contribution is -0.191. The molecular formula is C16H30N2O3. The van der Waals surface area contributed by atoms with Crippen LogP contribution in [0.5, 0.6) is 0 Å². The lowest BCUT2D eigenvalue weighted by atomic mass is 9.57. The second-order valence-corrected chi connectivity index (χ2v) is 7.21. The molecule has 0 bridgehead atoms. The van der Waals surface area contributed by atoms with Gasteiger partial charge in [0.05, 0.1) is 0 Å². The summed E-state index contributed by atoms with van der Waals surface area (Å²) in [5.41, 5.74) is 4.42. The van der Waals surface area contributed by atoms with Crippen molar-refractivity contribution < 1.29 is 14.3 Å². The minimum Gasteiger partial charge on any atom is -0.462 e. The van der Waals surface area contributed by atoms with Gasteiger partial charge in [-0.05, 0) is 40.5 Å². The first-order valence-electron chi connectivity index (χ1n) is 7.73. The molecule has 1 rings (SSSR count). The SMILES string of the molecule is CCC1(CC)C(OC(C)=O)CC(C)(C)N(C(N)=O)C1(C)C. The zero-order valence-corrected chi connectivity index (χ0v) is 14.4. The Balaban J connectivity index is 3.46. The van der Waals surface area contributed by atoms with E-state index in [0.29, 0.717) is 6.42 Å². The molecule has 2 amide bonds. The number of likely N-dealkylation sites (tertiary alicyclic amines) is 1. The van der Waals surface area contributed by atoms with Crippen LogP contribution in [0, 0.1) is 5.41 Å². The van der Waals surface area contributed by atoms with Crippen LogP contribution in [0.1, 0.15) is 67.7 Å². The zero-order valence-electron chi connectivity index (χ0n) is 14.4. The molecule has 0 saturated carbocycles. The van der Waals surface area contributed by atoms with E-state index in [2.05, 4.69) is 13.8 Å². The smallest absolute Gasteiger partial charge is 0.315 e. The molecular weight excluding hydrogens is 268 g/mol.